The van der Waals surface area contributed by atoms with Crippen molar-refractivity contribution in [1.82, 2.24) is 20.6 Å². The molecule has 0 bridgehead atoms. The summed E-state index contributed by atoms with van der Waals surface area (Å²) in [5, 5.41) is 17.8. The molecule has 2 aliphatic rings. The lowest BCUT2D eigenvalue weighted by Crippen LogP contribution is -2.59. The lowest BCUT2D eigenvalue weighted by Gasteiger charge is -2.34. The highest BCUT2D eigenvalue weighted by Gasteiger charge is 2.42. The minimum absolute atomic E-state index is 0.00494. The van der Waals surface area contributed by atoms with Crippen LogP contribution in [0.25, 0.3) is 11.1 Å². The van der Waals surface area contributed by atoms with Crippen LogP contribution in [-0.4, -0.2) is 75.8 Å². The molecular formula is C42H46N4O6. The second kappa shape index (κ2) is 15.8. The Morgan fingerprint density at radius 3 is 1.92 bits per heavy atom. The first kappa shape index (κ1) is 36.3. The zero-order valence-corrected chi connectivity index (χ0v) is 29.8. The summed E-state index contributed by atoms with van der Waals surface area (Å²) in [4.78, 5) is 56.8. The molecule has 1 fully saturated rings. The summed E-state index contributed by atoms with van der Waals surface area (Å²) in [6.45, 7) is 5.95. The SMILES string of the molecule is CC(C)(C)NC(=O)[C@H]1CCCN1C(=O)[C@H](Cc1ccccc1)N(O)C(=O)[C@H](Cc1ccccc1)NC(=O)OCC1c2ccccc2-c2ccccc21. The van der Waals surface area contributed by atoms with Gasteiger partial charge in [0.25, 0.3) is 5.91 Å². The van der Waals surface area contributed by atoms with Gasteiger partial charge in [0, 0.05) is 30.8 Å². The number of ether oxygens (including phenoxy) is 1. The second-order valence-electron chi connectivity index (χ2n) is 14.5. The lowest BCUT2D eigenvalue weighted by molar-refractivity contribution is -0.185. The zero-order valence-electron chi connectivity index (χ0n) is 29.8. The van der Waals surface area contributed by atoms with Crippen LogP contribution in [0.4, 0.5) is 4.79 Å². The molecule has 4 aromatic rings. The van der Waals surface area contributed by atoms with Gasteiger partial charge in [0.15, 0.2) is 0 Å². The Hall–Kier alpha value is -5.48. The van der Waals surface area contributed by atoms with Crippen LogP contribution in [0.15, 0.2) is 109 Å². The largest absolute Gasteiger partial charge is 0.449 e. The van der Waals surface area contributed by atoms with Crippen LogP contribution >= 0.6 is 0 Å². The molecule has 52 heavy (non-hydrogen) atoms. The first-order valence-corrected chi connectivity index (χ1v) is 17.8. The molecule has 0 radical (unpaired) electrons. The molecule has 0 aromatic heterocycles. The van der Waals surface area contributed by atoms with E-state index in [9.17, 15) is 24.4 Å². The topological polar surface area (TPSA) is 128 Å². The van der Waals surface area contributed by atoms with Gasteiger partial charge < -0.3 is 20.3 Å². The van der Waals surface area contributed by atoms with Crippen molar-refractivity contribution in [3.8, 4) is 11.1 Å². The summed E-state index contributed by atoms with van der Waals surface area (Å²) in [7, 11) is 0. The van der Waals surface area contributed by atoms with Crippen molar-refractivity contribution < 1.29 is 29.1 Å². The lowest BCUT2D eigenvalue weighted by atomic mass is 9.98. The summed E-state index contributed by atoms with van der Waals surface area (Å²) >= 11 is 0. The number of hydrogen-bond donors (Lipinski definition) is 3. The zero-order chi connectivity index (χ0) is 36.8. The predicted octanol–water partition coefficient (Wildman–Crippen LogP) is 5.87. The Morgan fingerprint density at radius 1 is 0.808 bits per heavy atom. The molecule has 1 aliphatic carbocycles. The maximum absolute atomic E-state index is 14.3. The fourth-order valence-electron chi connectivity index (χ4n) is 7.21. The van der Waals surface area contributed by atoms with Crippen LogP contribution in [0, 0.1) is 0 Å². The number of hydroxylamine groups is 2. The number of fused-ring (bicyclic) bond motifs is 3. The Labute approximate surface area is 304 Å². The molecule has 10 heteroatoms. The second-order valence-corrected chi connectivity index (χ2v) is 14.5. The van der Waals surface area contributed by atoms with Crippen LogP contribution in [0.2, 0.25) is 0 Å². The van der Waals surface area contributed by atoms with Crippen molar-refractivity contribution in [1.29, 1.82) is 0 Å². The number of nitrogens with zero attached hydrogens (tertiary/aromatic N) is 2. The van der Waals surface area contributed by atoms with Crippen LogP contribution in [0.1, 0.15) is 61.8 Å². The van der Waals surface area contributed by atoms with Gasteiger partial charge in [-0.05, 0) is 67.0 Å². The average molecular weight is 703 g/mol. The monoisotopic (exact) mass is 702 g/mol. The third kappa shape index (κ3) is 8.35. The molecule has 3 atom stereocenters. The quantitative estimate of drug-likeness (QED) is 0.133. The summed E-state index contributed by atoms with van der Waals surface area (Å²) in [6.07, 6.45) is 0.271. The van der Waals surface area contributed by atoms with Crippen LogP contribution < -0.4 is 10.6 Å². The number of carbonyl (C=O) groups is 4. The number of hydrogen-bond acceptors (Lipinski definition) is 6. The number of amides is 4. The minimum Gasteiger partial charge on any atom is -0.449 e. The first-order valence-electron chi connectivity index (χ1n) is 17.8. The van der Waals surface area contributed by atoms with E-state index in [1.54, 1.807) is 0 Å². The van der Waals surface area contributed by atoms with E-state index in [1.807, 2.05) is 130 Å². The normalized spacial score (nSPS) is 16.3. The van der Waals surface area contributed by atoms with Gasteiger partial charge in [0.1, 0.15) is 24.7 Å². The van der Waals surface area contributed by atoms with E-state index in [-0.39, 0.29) is 31.3 Å². The van der Waals surface area contributed by atoms with Crippen LogP contribution in [0.3, 0.4) is 0 Å². The van der Waals surface area contributed by atoms with Crippen molar-refractivity contribution >= 4 is 23.8 Å². The minimum atomic E-state index is -1.36. The van der Waals surface area contributed by atoms with E-state index in [1.165, 1.54) is 4.90 Å². The maximum Gasteiger partial charge on any atom is 0.407 e. The van der Waals surface area contributed by atoms with E-state index in [0.717, 1.165) is 27.8 Å². The van der Waals surface area contributed by atoms with Gasteiger partial charge in [-0.15, -0.1) is 0 Å². The number of alkyl carbamates (subject to hydrolysis) is 1. The van der Waals surface area contributed by atoms with E-state index < -0.39 is 41.6 Å². The number of nitrogens with one attached hydrogen (secondary N) is 2. The Kier molecular flexibility index (Phi) is 11.0. The summed E-state index contributed by atoms with van der Waals surface area (Å²) in [5.74, 6) is -1.90. The summed E-state index contributed by atoms with van der Waals surface area (Å²) in [5.41, 5.74) is 5.22. The summed E-state index contributed by atoms with van der Waals surface area (Å²) in [6, 6.07) is 30.8. The van der Waals surface area contributed by atoms with Crippen molar-refractivity contribution in [2.45, 2.75) is 76.0 Å². The smallest absolute Gasteiger partial charge is 0.407 e. The molecule has 1 aliphatic heterocycles. The fraction of sp³-hybridized carbons (Fsp3) is 0.333. The Balaban J connectivity index is 1.23. The molecular weight excluding hydrogens is 656 g/mol. The van der Waals surface area contributed by atoms with E-state index in [4.69, 9.17) is 4.74 Å². The average Bonchev–Trinajstić information content (AvgIpc) is 3.76. The molecule has 0 unspecified atom stereocenters. The highest BCUT2D eigenvalue weighted by Crippen LogP contribution is 2.44. The van der Waals surface area contributed by atoms with E-state index in [2.05, 4.69) is 10.6 Å². The van der Waals surface area contributed by atoms with Gasteiger partial charge in [0.2, 0.25) is 11.8 Å². The number of benzene rings is 4. The third-order valence-corrected chi connectivity index (χ3v) is 9.63. The molecule has 4 amide bonds. The number of rotatable bonds is 11. The molecule has 3 N–H and O–H groups in total. The van der Waals surface area contributed by atoms with Crippen molar-refractivity contribution in [2.24, 2.45) is 0 Å². The van der Waals surface area contributed by atoms with Gasteiger partial charge >= 0.3 is 6.09 Å². The van der Waals surface area contributed by atoms with Gasteiger partial charge in [-0.2, -0.15) is 0 Å². The Morgan fingerprint density at radius 2 is 1.35 bits per heavy atom. The van der Waals surface area contributed by atoms with Crippen molar-refractivity contribution in [3.05, 3.63) is 131 Å². The number of carbonyl (C=O) groups excluding carboxylic acids is 4. The van der Waals surface area contributed by atoms with Gasteiger partial charge in [-0.25, -0.2) is 9.86 Å². The predicted molar refractivity (Wildman–Crippen MR) is 197 cm³/mol. The highest BCUT2D eigenvalue weighted by atomic mass is 16.5. The number of likely N-dealkylation sites (tertiary alicyclic amines) is 1. The standard InChI is InChI=1S/C42H46N4O6/c1-42(2,3)44-38(47)36-23-14-24-45(36)40(49)37(26-29-17-8-5-9-18-29)46(51)39(48)35(25-28-15-6-4-7-16-28)43-41(50)52-27-34-32-21-12-10-19-30(32)31-20-11-13-22-33(31)34/h4-13,15-22,34-37,51H,14,23-27H2,1-3H3,(H,43,50)(H,44,47)/t35-,36+,37-/m0/s1. The van der Waals surface area contributed by atoms with Gasteiger partial charge in [0.05, 0.1) is 0 Å². The maximum atomic E-state index is 14.3. The van der Waals surface area contributed by atoms with Crippen LogP contribution in [0.5, 0.6) is 0 Å². The molecule has 1 heterocycles. The molecule has 270 valence electrons. The van der Waals surface area contributed by atoms with Crippen molar-refractivity contribution in [2.75, 3.05) is 13.2 Å². The molecule has 10 nitrogen and oxygen atoms in total. The molecule has 6 rings (SSSR count). The molecule has 0 saturated carbocycles. The molecule has 1 saturated heterocycles. The summed E-state index contributed by atoms with van der Waals surface area (Å²) < 4.78 is 5.78. The van der Waals surface area contributed by atoms with Crippen LogP contribution in [-0.2, 0) is 32.0 Å². The van der Waals surface area contributed by atoms with E-state index >= 15 is 0 Å². The first-order chi connectivity index (χ1) is 25.0. The van der Waals surface area contributed by atoms with Crippen molar-refractivity contribution in [3.63, 3.8) is 0 Å². The van der Waals surface area contributed by atoms with Gasteiger partial charge in [-0.1, -0.05) is 109 Å². The molecule has 4 aromatic carbocycles. The Bertz CT molecular complexity index is 1850. The fourth-order valence-corrected chi connectivity index (χ4v) is 7.21. The van der Waals surface area contributed by atoms with Gasteiger partial charge in [-0.3, -0.25) is 19.6 Å². The molecule has 0 spiro atoms. The highest BCUT2D eigenvalue weighted by molar-refractivity contribution is 5.94. The van der Waals surface area contributed by atoms with E-state index in [0.29, 0.717) is 30.0 Å². The third-order valence-electron chi connectivity index (χ3n) is 9.63.